The molecule has 30 heavy (non-hydrogen) atoms. The zero-order valence-corrected chi connectivity index (χ0v) is 18.0. The van der Waals surface area contributed by atoms with Gasteiger partial charge in [0.2, 0.25) is 11.8 Å². The Morgan fingerprint density at radius 3 is 2.63 bits per heavy atom. The molecule has 1 saturated heterocycles. The number of aryl methyl sites for hydroxylation is 1. The van der Waals surface area contributed by atoms with Gasteiger partial charge in [-0.3, -0.25) is 14.5 Å². The Labute approximate surface area is 177 Å². The molecule has 2 amide bonds. The number of fused-ring (bicyclic) bond motifs is 1. The number of ether oxygens (including phenoxy) is 1. The lowest BCUT2D eigenvalue weighted by Crippen LogP contribution is -2.35. The molecule has 4 rings (SSSR count). The maximum atomic E-state index is 12.8. The first-order valence-electron chi connectivity index (χ1n) is 10.5. The second-order valence-electron chi connectivity index (χ2n) is 8.32. The van der Waals surface area contributed by atoms with Gasteiger partial charge in [-0.15, -0.1) is 0 Å². The van der Waals surface area contributed by atoms with Gasteiger partial charge in [-0.2, -0.15) is 0 Å². The van der Waals surface area contributed by atoms with Gasteiger partial charge >= 0.3 is 0 Å². The number of hydrogen-bond donors (Lipinski definition) is 0. The van der Waals surface area contributed by atoms with Crippen LogP contribution >= 0.6 is 0 Å². The Balaban J connectivity index is 1.65. The van der Waals surface area contributed by atoms with Crippen LogP contribution in [0.25, 0.3) is 0 Å². The van der Waals surface area contributed by atoms with Crippen molar-refractivity contribution in [2.24, 2.45) is 5.92 Å². The smallest absolute Gasteiger partial charge is 0.233 e. The van der Waals surface area contributed by atoms with Crippen LogP contribution in [0.1, 0.15) is 55.4 Å². The van der Waals surface area contributed by atoms with Crippen molar-refractivity contribution in [1.82, 2.24) is 14.9 Å². The summed E-state index contributed by atoms with van der Waals surface area (Å²) in [7, 11) is 1.63. The lowest BCUT2D eigenvalue weighted by molar-refractivity contribution is -0.135. The number of aromatic nitrogens is 2. The maximum absolute atomic E-state index is 12.8. The molecule has 3 heterocycles. The number of nitrogens with zero attached hydrogens (tertiary/aromatic N) is 4. The van der Waals surface area contributed by atoms with E-state index in [0.29, 0.717) is 24.6 Å². The summed E-state index contributed by atoms with van der Waals surface area (Å²) in [5.74, 6) is 2.20. The Kier molecular flexibility index (Phi) is 5.45. The van der Waals surface area contributed by atoms with E-state index in [-0.39, 0.29) is 23.8 Å². The number of benzene rings is 1. The molecule has 0 spiro atoms. The van der Waals surface area contributed by atoms with E-state index in [2.05, 4.69) is 0 Å². The van der Waals surface area contributed by atoms with Crippen LogP contribution < -0.4 is 9.64 Å². The predicted molar refractivity (Wildman–Crippen MR) is 113 cm³/mol. The van der Waals surface area contributed by atoms with Gasteiger partial charge in [0.05, 0.1) is 26.1 Å². The molecule has 0 N–H and O–H groups in total. The third-order valence-electron chi connectivity index (χ3n) is 5.92. The summed E-state index contributed by atoms with van der Waals surface area (Å²) in [5.41, 5.74) is 2.72. The third-order valence-corrected chi connectivity index (χ3v) is 5.92. The van der Waals surface area contributed by atoms with Gasteiger partial charge in [0, 0.05) is 23.7 Å². The Hall–Kier alpha value is -2.96. The summed E-state index contributed by atoms with van der Waals surface area (Å²) in [6, 6.07) is 7.57. The second-order valence-corrected chi connectivity index (χ2v) is 8.32. The quantitative estimate of drug-likeness (QED) is 0.759. The van der Waals surface area contributed by atoms with Crippen molar-refractivity contribution in [1.29, 1.82) is 0 Å². The summed E-state index contributed by atoms with van der Waals surface area (Å²) < 4.78 is 5.22. The van der Waals surface area contributed by atoms with E-state index in [0.717, 1.165) is 42.0 Å². The van der Waals surface area contributed by atoms with Crippen molar-refractivity contribution >= 4 is 17.6 Å². The zero-order chi connectivity index (χ0) is 21.4. The van der Waals surface area contributed by atoms with Crippen LogP contribution in [0.2, 0.25) is 0 Å². The maximum Gasteiger partial charge on any atom is 0.233 e. The molecule has 0 radical (unpaired) electrons. The second kappa shape index (κ2) is 8.05. The minimum absolute atomic E-state index is 0.0249. The molecule has 7 nitrogen and oxygen atoms in total. The van der Waals surface area contributed by atoms with Crippen molar-refractivity contribution < 1.29 is 14.3 Å². The first-order chi connectivity index (χ1) is 14.4. The summed E-state index contributed by atoms with van der Waals surface area (Å²) in [5, 5.41) is 0. The van der Waals surface area contributed by atoms with Crippen molar-refractivity contribution in [2.75, 3.05) is 18.6 Å². The number of amides is 2. The molecule has 1 aromatic carbocycles. The highest BCUT2D eigenvalue weighted by Crippen LogP contribution is 2.36. The van der Waals surface area contributed by atoms with Crippen LogP contribution in [-0.4, -0.2) is 40.3 Å². The fraction of sp³-hybridized carbons (Fsp3) is 0.478. The Morgan fingerprint density at radius 2 is 1.97 bits per heavy atom. The third kappa shape index (κ3) is 3.64. The van der Waals surface area contributed by atoms with Gasteiger partial charge in [-0.25, -0.2) is 9.97 Å². The molecule has 2 aliphatic heterocycles. The van der Waals surface area contributed by atoms with Gasteiger partial charge < -0.3 is 9.64 Å². The van der Waals surface area contributed by atoms with Crippen molar-refractivity contribution in [3.63, 3.8) is 0 Å². The molecule has 0 bridgehead atoms. The summed E-state index contributed by atoms with van der Waals surface area (Å²) in [6.07, 6.45) is 2.11. The van der Waals surface area contributed by atoms with E-state index in [9.17, 15) is 9.59 Å². The first-order valence-corrected chi connectivity index (χ1v) is 10.5. The number of anilines is 1. The highest BCUT2D eigenvalue weighted by Gasteiger charge is 2.36. The number of rotatable bonds is 5. The number of carbonyl (C=O) groups is 2. The van der Waals surface area contributed by atoms with Crippen molar-refractivity contribution in [3.8, 4) is 5.75 Å². The topological polar surface area (TPSA) is 75.6 Å². The highest BCUT2D eigenvalue weighted by atomic mass is 16.5. The average Bonchev–Trinajstić information content (AvgIpc) is 3.34. The molecule has 7 heteroatoms. The molecule has 0 saturated carbocycles. The fourth-order valence-corrected chi connectivity index (χ4v) is 4.25. The summed E-state index contributed by atoms with van der Waals surface area (Å²) in [6.45, 7) is 6.95. The number of carbonyl (C=O) groups excluding carboxylic acids is 2. The summed E-state index contributed by atoms with van der Waals surface area (Å²) in [4.78, 5) is 38.6. The zero-order valence-electron chi connectivity index (χ0n) is 18.0. The monoisotopic (exact) mass is 408 g/mol. The standard InChI is InChI=1S/C23H28N4O3/c1-14(2)23(29)26-11-5-6-19(26)21-24-15(3)18-12-20(28)27(22(18)25-21)13-16-7-9-17(30-4)10-8-16/h7-10,14,19H,5-6,11-13H2,1-4H3/t19-/m1/s1. The van der Waals surface area contributed by atoms with Crippen molar-refractivity contribution in [3.05, 3.63) is 46.9 Å². The number of likely N-dealkylation sites (tertiary alicyclic amines) is 1. The SMILES string of the molecule is COc1ccc(CN2C(=O)Cc3c(C)nc([C@H]4CCCN4C(=O)C(C)C)nc32)cc1. The van der Waals surface area contributed by atoms with E-state index in [1.54, 1.807) is 12.0 Å². The molecule has 1 atom stereocenters. The molecular formula is C23H28N4O3. The molecule has 2 aliphatic rings. The van der Waals surface area contributed by atoms with Crippen LogP contribution in [0.5, 0.6) is 5.75 Å². The van der Waals surface area contributed by atoms with Gasteiger partial charge in [0.15, 0.2) is 5.82 Å². The Bertz CT molecular complexity index is 971. The Morgan fingerprint density at radius 1 is 1.23 bits per heavy atom. The number of methoxy groups -OCH3 is 1. The lowest BCUT2D eigenvalue weighted by Gasteiger charge is -2.26. The molecule has 1 aromatic heterocycles. The van der Waals surface area contributed by atoms with Crippen LogP contribution in [0.4, 0.5) is 5.82 Å². The molecule has 0 unspecified atom stereocenters. The predicted octanol–water partition coefficient (Wildman–Crippen LogP) is 3.20. The normalized spacial score (nSPS) is 18.3. The molecular weight excluding hydrogens is 380 g/mol. The minimum Gasteiger partial charge on any atom is -0.497 e. The first kappa shape index (κ1) is 20.3. The van der Waals surface area contributed by atoms with Crippen LogP contribution in [-0.2, 0) is 22.6 Å². The van der Waals surface area contributed by atoms with Crippen LogP contribution in [0, 0.1) is 12.8 Å². The van der Waals surface area contributed by atoms with E-state index >= 15 is 0 Å². The highest BCUT2D eigenvalue weighted by molar-refractivity contribution is 6.00. The van der Waals surface area contributed by atoms with Crippen LogP contribution in [0.15, 0.2) is 24.3 Å². The summed E-state index contributed by atoms with van der Waals surface area (Å²) >= 11 is 0. The van der Waals surface area contributed by atoms with E-state index in [1.807, 2.05) is 49.9 Å². The number of hydrogen-bond acceptors (Lipinski definition) is 5. The van der Waals surface area contributed by atoms with Crippen LogP contribution in [0.3, 0.4) is 0 Å². The molecule has 1 fully saturated rings. The largest absolute Gasteiger partial charge is 0.497 e. The molecule has 158 valence electrons. The van der Waals surface area contributed by atoms with E-state index < -0.39 is 0 Å². The van der Waals surface area contributed by atoms with Gasteiger partial charge in [-0.1, -0.05) is 26.0 Å². The van der Waals surface area contributed by atoms with E-state index in [4.69, 9.17) is 14.7 Å². The van der Waals surface area contributed by atoms with Gasteiger partial charge in [0.25, 0.3) is 0 Å². The van der Waals surface area contributed by atoms with E-state index in [1.165, 1.54) is 0 Å². The fourth-order valence-electron chi connectivity index (χ4n) is 4.25. The average molecular weight is 409 g/mol. The molecule has 0 aliphatic carbocycles. The van der Waals surface area contributed by atoms with Gasteiger partial charge in [-0.05, 0) is 37.5 Å². The lowest BCUT2D eigenvalue weighted by atomic mass is 10.1. The van der Waals surface area contributed by atoms with Crippen molar-refractivity contribution in [2.45, 2.75) is 52.6 Å². The molecule has 2 aromatic rings. The minimum atomic E-state index is -0.123. The van der Waals surface area contributed by atoms with Gasteiger partial charge in [0.1, 0.15) is 11.6 Å².